The summed E-state index contributed by atoms with van der Waals surface area (Å²) in [5, 5.41) is 6.11. The van der Waals surface area contributed by atoms with Crippen molar-refractivity contribution in [3.8, 4) is 0 Å². The maximum absolute atomic E-state index is 13.2. The third-order valence-corrected chi connectivity index (χ3v) is 8.29. The number of anilines is 2. The molecule has 4 rings (SSSR count). The molecular formula is C29H37N5O5S2. The molecule has 0 bridgehead atoms. The lowest BCUT2D eigenvalue weighted by molar-refractivity contribution is -0.121. The maximum atomic E-state index is 13.2. The molecule has 1 fully saturated rings. The molecule has 1 atom stereocenters. The minimum Gasteiger partial charge on any atom is -0.444 e. The van der Waals surface area contributed by atoms with Gasteiger partial charge in [-0.15, -0.1) is 11.8 Å². The molecule has 41 heavy (non-hydrogen) atoms. The summed E-state index contributed by atoms with van der Waals surface area (Å²) in [6, 6.07) is 6.65. The molecule has 10 nitrogen and oxygen atoms in total. The summed E-state index contributed by atoms with van der Waals surface area (Å²) in [7, 11) is 0. The number of amides is 3. The number of ether oxygens (including phenoxy) is 1. The van der Waals surface area contributed by atoms with Gasteiger partial charge in [0.15, 0.2) is 5.13 Å². The van der Waals surface area contributed by atoms with Crippen LogP contribution in [0.15, 0.2) is 45.3 Å². The van der Waals surface area contributed by atoms with E-state index < -0.39 is 11.7 Å². The molecule has 0 spiro atoms. The normalized spacial score (nSPS) is 15.9. The maximum Gasteiger partial charge on any atom is 0.412 e. The van der Waals surface area contributed by atoms with Crippen LogP contribution in [0.5, 0.6) is 0 Å². The van der Waals surface area contributed by atoms with Crippen LogP contribution in [0.2, 0.25) is 0 Å². The lowest BCUT2D eigenvalue weighted by Gasteiger charge is -2.32. The van der Waals surface area contributed by atoms with E-state index in [0.29, 0.717) is 47.5 Å². The summed E-state index contributed by atoms with van der Waals surface area (Å²) in [5.74, 6) is 1.44. The molecule has 0 saturated carbocycles. The number of nitrogens with zero attached hydrogens (tertiary/aromatic N) is 3. The number of oxazole rings is 1. The zero-order chi connectivity index (χ0) is 29.8. The van der Waals surface area contributed by atoms with Gasteiger partial charge >= 0.3 is 6.09 Å². The second-order valence-corrected chi connectivity index (χ2v) is 14.2. The molecule has 1 unspecified atom stereocenters. The number of rotatable bonds is 7. The number of carbonyl (C=O) groups excluding carboxylic acids is 3. The molecule has 1 saturated heterocycles. The first-order chi connectivity index (χ1) is 19.3. The number of benzene rings is 1. The summed E-state index contributed by atoms with van der Waals surface area (Å²) in [5.41, 5.74) is 0.320. The highest BCUT2D eigenvalue weighted by atomic mass is 32.2. The fourth-order valence-corrected chi connectivity index (χ4v) is 5.85. The molecular weight excluding hydrogens is 562 g/mol. The third kappa shape index (κ3) is 8.80. The van der Waals surface area contributed by atoms with Gasteiger partial charge < -0.3 is 19.4 Å². The molecule has 0 radical (unpaired) electrons. The molecule has 3 amide bonds. The van der Waals surface area contributed by atoms with Crippen LogP contribution in [0.1, 0.15) is 76.4 Å². The topological polar surface area (TPSA) is 127 Å². The number of carbonyl (C=O) groups is 3. The number of hydrogen-bond acceptors (Lipinski definition) is 9. The van der Waals surface area contributed by atoms with Crippen molar-refractivity contribution in [1.29, 1.82) is 0 Å². The van der Waals surface area contributed by atoms with E-state index >= 15 is 0 Å². The van der Waals surface area contributed by atoms with Crippen molar-refractivity contribution < 1.29 is 23.5 Å². The Hall–Kier alpha value is -3.38. The first-order valence-corrected chi connectivity index (χ1v) is 15.3. The van der Waals surface area contributed by atoms with Crippen LogP contribution < -0.4 is 10.6 Å². The van der Waals surface area contributed by atoms with Gasteiger partial charge in [-0.05, 0) is 57.9 Å². The van der Waals surface area contributed by atoms with Crippen molar-refractivity contribution in [2.24, 2.45) is 5.92 Å². The second-order valence-electron chi connectivity index (χ2n) is 11.9. The molecule has 3 heterocycles. The van der Waals surface area contributed by atoms with E-state index in [2.05, 4.69) is 41.4 Å². The van der Waals surface area contributed by atoms with E-state index in [9.17, 15) is 14.4 Å². The van der Waals surface area contributed by atoms with E-state index in [1.54, 1.807) is 74.1 Å². The first-order valence-electron chi connectivity index (χ1n) is 13.5. The van der Waals surface area contributed by atoms with Crippen LogP contribution in [0.3, 0.4) is 0 Å². The van der Waals surface area contributed by atoms with Crippen LogP contribution in [0, 0.1) is 5.92 Å². The van der Waals surface area contributed by atoms with Gasteiger partial charge in [-0.2, -0.15) is 0 Å². The average Bonchev–Trinajstić information content (AvgIpc) is 3.56. The van der Waals surface area contributed by atoms with E-state index in [1.165, 1.54) is 11.3 Å². The highest BCUT2D eigenvalue weighted by Gasteiger charge is 2.29. The Bertz CT molecular complexity index is 1370. The van der Waals surface area contributed by atoms with Gasteiger partial charge in [0.25, 0.3) is 5.91 Å². The number of aromatic nitrogens is 2. The Morgan fingerprint density at radius 2 is 1.80 bits per heavy atom. The van der Waals surface area contributed by atoms with E-state index in [-0.39, 0.29) is 23.1 Å². The predicted molar refractivity (Wildman–Crippen MR) is 160 cm³/mol. The minimum atomic E-state index is -0.604. The number of thioether (sulfide) groups is 1. The van der Waals surface area contributed by atoms with Crippen LogP contribution in [-0.4, -0.2) is 51.5 Å². The molecule has 2 aromatic heterocycles. The van der Waals surface area contributed by atoms with Gasteiger partial charge in [-0.3, -0.25) is 14.9 Å². The summed E-state index contributed by atoms with van der Waals surface area (Å²) < 4.78 is 12.1. The van der Waals surface area contributed by atoms with Gasteiger partial charge in [0.2, 0.25) is 11.8 Å². The lowest BCUT2D eigenvalue weighted by atomic mass is 9.94. The molecule has 1 aliphatic heterocycles. The molecule has 1 aliphatic rings. The second kappa shape index (κ2) is 12.6. The van der Waals surface area contributed by atoms with Crippen molar-refractivity contribution >= 4 is 51.8 Å². The van der Waals surface area contributed by atoms with E-state index in [4.69, 9.17) is 9.15 Å². The molecule has 12 heteroatoms. The van der Waals surface area contributed by atoms with Crippen molar-refractivity contribution in [2.75, 3.05) is 23.7 Å². The van der Waals surface area contributed by atoms with E-state index in [1.807, 2.05) is 0 Å². The number of nitrogens with one attached hydrogen (secondary N) is 2. The van der Waals surface area contributed by atoms with Crippen LogP contribution in [0.25, 0.3) is 0 Å². The zero-order valence-electron chi connectivity index (χ0n) is 24.3. The number of hydrogen-bond donors (Lipinski definition) is 2. The Kier molecular flexibility index (Phi) is 9.43. The number of likely N-dealkylation sites (tertiary alicyclic amines) is 1. The zero-order valence-corrected chi connectivity index (χ0v) is 25.9. The monoisotopic (exact) mass is 599 g/mol. The molecule has 220 valence electrons. The molecule has 3 aromatic rings. The fraction of sp³-hybridized carbons (Fsp3) is 0.483. The van der Waals surface area contributed by atoms with Crippen LogP contribution in [0.4, 0.5) is 15.6 Å². The fourth-order valence-electron chi connectivity index (χ4n) is 4.12. The first kappa shape index (κ1) is 30.6. The lowest BCUT2D eigenvalue weighted by Crippen LogP contribution is -2.43. The van der Waals surface area contributed by atoms with Crippen LogP contribution >= 0.6 is 23.1 Å². The van der Waals surface area contributed by atoms with Gasteiger partial charge in [0.05, 0.1) is 28.3 Å². The molecule has 2 N–H and O–H groups in total. The molecule has 1 aromatic carbocycles. The van der Waals surface area contributed by atoms with Crippen LogP contribution in [-0.2, 0) is 20.7 Å². The van der Waals surface area contributed by atoms with Crippen molar-refractivity contribution in [1.82, 2.24) is 14.9 Å². The summed E-state index contributed by atoms with van der Waals surface area (Å²) in [6.45, 7) is 12.5. The van der Waals surface area contributed by atoms with E-state index in [0.717, 1.165) is 16.4 Å². The third-order valence-electron chi connectivity index (χ3n) is 6.20. The van der Waals surface area contributed by atoms with Gasteiger partial charge in [0.1, 0.15) is 11.4 Å². The Labute approximate surface area is 248 Å². The summed E-state index contributed by atoms with van der Waals surface area (Å²) in [4.78, 5) is 48.6. The van der Waals surface area contributed by atoms with Gasteiger partial charge in [-0.1, -0.05) is 32.1 Å². The standard InChI is InChI=1S/C29H37N5O5S2/c1-28(2,3)21-14-30-22(38-21)17-40-23-15-31-26(41-23)33-24(35)19-8-7-13-34(16-19)25(36)18-9-11-20(12-10-18)32-27(37)39-29(4,5)6/h9-12,14-15,19H,7-8,13,16-17H2,1-6H3,(H,32,37)(H,31,33,35). The number of piperidine rings is 1. The Morgan fingerprint density at radius 1 is 1.07 bits per heavy atom. The van der Waals surface area contributed by atoms with Crippen molar-refractivity contribution in [3.63, 3.8) is 0 Å². The van der Waals surface area contributed by atoms with Gasteiger partial charge in [-0.25, -0.2) is 14.8 Å². The highest BCUT2D eigenvalue weighted by Crippen LogP contribution is 2.32. The Morgan fingerprint density at radius 3 is 2.46 bits per heavy atom. The SMILES string of the molecule is CC(C)(C)OC(=O)Nc1ccc(C(=O)N2CCCC(C(=O)Nc3ncc(SCc4ncc(C(C)(C)C)o4)s3)C2)cc1. The smallest absolute Gasteiger partial charge is 0.412 e. The predicted octanol–water partition coefficient (Wildman–Crippen LogP) is 6.56. The highest BCUT2D eigenvalue weighted by molar-refractivity contribution is 8.00. The quantitative estimate of drug-likeness (QED) is 0.293. The number of thiazole rings is 1. The minimum absolute atomic E-state index is 0.0948. The van der Waals surface area contributed by atoms with Gasteiger partial charge in [0, 0.05) is 29.8 Å². The Balaban J connectivity index is 1.27. The largest absolute Gasteiger partial charge is 0.444 e. The summed E-state index contributed by atoms with van der Waals surface area (Å²) in [6.07, 6.45) is 4.37. The molecule has 0 aliphatic carbocycles. The summed E-state index contributed by atoms with van der Waals surface area (Å²) >= 11 is 2.95. The average molecular weight is 600 g/mol. The van der Waals surface area contributed by atoms with Crippen molar-refractivity contribution in [3.05, 3.63) is 53.9 Å². The van der Waals surface area contributed by atoms with Crippen molar-refractivity contribution in [2.45, 2.75) is 75.4 Å².